The first-order valence-electron chi connectivity index (χ1n) is 8.82. The first-order valence-corrected chi connectivity index (χ1v) is 9.63. The van der Waals surface area contributed by atoms with E-state index in [-0.39, 0.29) is 0 Å². The third-order valence-corrected chi connectivity index (χ3v) is 6.11. The van der Waals surface area contributed by atoms with Gasteiger partial charge in [-0.15, -0.1) is 11.3 Å². The zero-order valence-electron chi connectivity index (χ0n) is 14.1. The van der Waals surface area contributed by atoms with Crippen molar-refractivity contribution in [3.05, 3.63) is 54.6 Å². The maximum absolute atomic E-state index is 5.03. The molecule has 2 aromatic carbocycles. The Bertz CT molecular complexity index is 1040. The van der Waals surface area contributed by atoms with Crippen molar-refractivity contribution in [2.45, 2.75) is 25.8 Å². The highest BCUT2D eigenvalue weighted by Crippen LogP contribution is 2.39. The van der Waals surface area contributed by atoms with Crippen LogP contribution in [0.2, 0.25) is 0 Å². The summed E-state index contributed by atoms with van der Waals surface area (Å²) in [6.45, 7) is 3.41. The first-order chi connectivity index (χ1) is 12.3. The van der Waals surface area contributed by atoms with Gasteiger partial charge in [0.2, 0.25) is 0 Å². The van der Waals surface area contributed by atoms with Gasteiger partial charge in [0.1, 0.15) is 10.7 Å². The number of anilines is 1. The third kappa shape index (κ3) is 2.48. The molecular weight excluding hydrogens is 326 g/mol. The fourth-order valence-corrected chi connectivity index (χ4v) is 4.71. The Morgan fingerprint density at radius 1 is 1.00 bits per heavy atom. The second-order valence-corrected chi connectivity index (χ2v) is 7.75. The number of para-hydroxylation sites is 2. The van der Waals surface area contributed by atoms with E-state index in [1.807, 2.05) is 6.07 Å². The summed E-state index contributed by atoms with van der Waals surface area (Å²) in [5, 5.41) is 2.21. The maximum atomic E-state index is 5.03. The molecule has 5 rings (SSSR count). The normalized spacial score (nSPS) is 17.6. The zero-order valence-corrected chi connectivity index (χ0v) is 15.0. The molecule has 1 saturated heterocycles. The molecule has 0 aliphatic carbocycles. The minimum Gasteiger partial charge on any atom is -0.367 e. The summed E-state index contributed by atoms with van der Waals surface area (Å²) in [5.41, 5.74) is 4.33. The summed E-state index contributed by atoms with van der Waals surface area (Å²) in [6.07, 6.45) is 2.49. The highest BCUT2D eigenvalue weighted by molar-refractivity contribution is 7.21. The van der Waals surface area contributed by atoms with E-state index < -0.39 is 0 Å². The van der Waals surface area contributed by atoms with E-state index in [1.54, 1.807) is 11.3 Å². The van der Waals surface area contributed by atoms with E-state index in [0.717, 1.165) is 28.3 Å². The number of nitrogens with zero attached hydrogens (tertiary/aromatic N) is 3. The minimum atomic E-state index is 0.552. The average Bonchev–Trinajstić information content (AvgIpc) is 3.26. The molecule has 2 aromatic heterocycles. The van der Waals surface area contributed by atoms with E-state index in [0.29, 0.717) is 6.04 Å². The Morgan fingerprint density at radius 2 is 1.80 bits per heavy atom. The molecule has 0 radical (unpaired) electrons. The number of hydrogen-bond acceptors (Lipinski definition) is 4. The largest absolute Gasteiger partial charge is 0.367 e. The molecular formula is C21H19N3S. The van der Waals surface area contributed by atoms with Gasteiger partial charge in [0.15, 0.2) is 0 Å². The topological polar surface area (TPSA) is 29.0 Å². The van der Waals surface area contributed by atoms with Crippen LogP contribution in [0.5, 0.6) is 0 Å². The first kappa shape index (κ1) is 14.8. The van der Waals surface area contributed by atoms with Crippen LogP contribution in [0, 0.1) is 0 Å². The van der Waals surface area contributed by atoms with Crippen molar-refractivity contribution in [2.75, 3.05) is 11.4 Å². The summed E-state index contributed by atoms with van der Waals surface area (Å²) >= 11 is 1.73. The number of hydrogen-bond donors (Lipinski definition) is 0. The minimum absolute atomic E-state index is 0.552. The van der Waals surface area contributed by atoms with Gasteiger partial charge >= 0.3 is 0 Å². The molecule has 1 fully saturated rings. The third-order valence-electron chi connectivity index (χ3n) is 5.06. The van der Waals surface area contributed by atoms with Crippen LogP contribution in [0.4, 0.5) is 5.69 Å². The zero-order chi connectivity index (χ0) is 16.8. The van der Waals surface area contributed by atoms with Gasteiger partial charge < -0.3 is 4.90 Å². The molecule has 0 spiro atoms. The molecule has 0 saturated carbocycles. The van der Waals surface area contributed by atoms with Gasteiger partial charge in [0.25, 0.3) is 0 Å². The Hall–Kier alpha value is -2.46. The van der Waals surface area contributed by atoms with Crippen LogP contribution >= 0.6 is 11.3 Å². The summed E-state index contributed by atoms with van der Waals surface area (Å²) < 4.78 is 1.22. The standard InChI is InChI=1S/C21H19N3S/c1-14-7-6-12-24(14)18-13-15-8-2-3-9-16(15)22-20(18)21-23-17-10-4-5-11-19(17)25-21/h2-5,8-11,13-14H,6-7,12H2,1H3/t14-/m0/s1. The van der Waals surface area contributed by atoms with Gasteiger partial charge in [0, 0.05) is 18.0 Å². The van der Waals surface area contributed by atoms with E-state index in [4.69, 9.17) is 9.97 Å². The summed E-state index contributed by atoms with van der Waals surface area (Å²) in [5.74, 6) is 0. The lowest BCUT2D eigenvalue weighted by atomic mass is 10.1. The van der Waals surface area contributed by atoms with E-state index in [1.165, 1.54) is 28.6 Å². The van der Waals surface area contributed by atoms with E-state index in [2.05, 4.69) is 60.4 Å². The van der Waals surface area contributed by atoms with Crippen LogP contribution in [0.15, 0.2) is 54.6 Å². The molecule has 3 nitrogen and oxygen atoms in total. The van der Waals surface area contributed by atoms with Crippen molar-refractivity contribution >= 4 is 38.1 Å². The lowest BCUT2D eigenvalue weighted by Crippen LogP contribution is -2.27. The summed E-state index contributed by atoms with van der Waals surface area (Å²) in [4.78, 5) is 12.4. The molecule has 0 bridgehead atoms. The van der Waals surface area contributed by atoms with Gasteiger partial charge in [-0.3, -0.25) is 0 Å². The number of rotatable bonds is 2. The number of thiazole rings is 1. The second kappa shape index (κ2) is 5.81. The number of pyridine rings is 1. The number of fused-ring (bicyclic) bond motifs is 2. The van der Waals surface area contributed by atoms with E-state index in [9.17, 15) is 0 Å². The van der Waals surface area contributed by atoms with Crippen molar-refractivity contribution in [2.24, 2.45) is 0 Å². The highest BCUT2D eigenvalue weighted by atomic mass is 32.1. The summed E-state index contributed by atoms with van der Waals surface area (Å²) in [6, 6.07) is 19.5. The van der Waals surface area contributed by atoms with Gasteiger partial charge in [-0.1, -0.05) is 30.3 Å². The molecule has 25 heavy (non-hydrogen) atoms. The van der Waals surface area contributed by atoms with Gasteiger partial charge in [-0.2, -0.15) is 0 Å². The molecule has 0 unspecified atom stereocenters. The lowest BCUT2D eigenvalue weighted by Gasteiger charge is -2.25. The van der Waals surface area contributed by atoms with Crippen molar-refractivity contribution in [3.63, 3.8) is 0 Å². The van der Waals surface area contributed by atoms with Crippen LogP contribution in [-0.2, 0) is 0 Å². The number of benzene rings is 2. The van der Waals surface area contributed by atoms with Crippen LogP contribution in [0.25, 0.3) is 31.8 Å². The van der Waals surface area contributed by atoms with Crippen molar-refractivity contribution in [3.8, 4) is 10.7 Å². The molecule has 1 atom stereocenters. The smallest absolute Gasteiger partial charge is 0.145 e. The lowest BCUT2D eigenvalue weighted by molar-refractivity contribution is 0.735. The Balaban J connectivity index is 1.76. The molecule has 1 aliphatic rings. The number of aromatic nitrogens is 2. The monoisotopic (exact) mass is 345 g/mol. The molecule has 4 aromatic rings. The van der Waals surface area contributed by atoms with Crippen LogP contribution in [-0.4, -0.2) is 22.6 Å². The van der Waals surface area contributed by atoms with Gasteiger partial charge in [-0.25, -0.2) is 9.97 Å². The SMILES string of the molecule is C[C@H]1CCCN1c1cc2ccccc2nc1-c1nc2ccccc2s1. The molecule has 124 valence electrons. The maximum Gasteiger partial charge on any atom is 0.145 e. The van der Waals surface area contributed by atoms with Crippen molar-refractivity contribution < 1.29 is 0 Å². The summed E-state index contributed by atoms with van der Waals surface area (Å²) in [7, 11) is 0. The van der Waals surface area contributed by atoms with Crippen LogP contribution in [0.1, 0.15) is 19.8 Å². The van der Waals surface area contributed by atoms with E-state index >= 15 is 0 Å². The Kier molecular flexibility index (Phi) is 3.45. The molecule has 0 N–H and O–H groups in total. The highest BCUT2D eigenvalue weighted by Gasteiger charge is 2.25. The van der Waals surface area contributed by atoms with Crippen LogP contribution < -0.4 is 4.90 Å². The fourth-order valence-electron chi connectivity index (χ4n) is 3.75. The van der Waals surface area contributed by atoms with Gasteiger partial charge in [0.05, 0.1) is 21.4 Å². The Morgan fingerprint density at radius 3 is 2.60 bits per heavy atom. The predicted molar refractivity (Wildman–Crippen MR) is 106 cm³/mol. The molecule has 0 amide bonds. The predicted octanol–water partition coefficient (Wildman–Crippen LogP) is 5.50. The fraction of sp³-hybridized carbons (Fsp3) is 0.238. The van der Waals surface area contributed by atoms with Gasteiger partial charge in [-0.05, 0) is 44.0 Å². The van der Waals surface area contributed by atoms with Crippen LogP contribution in [0.3, 0.4) is 0 Å². The molecule has 3 heterocycles. The molecule has 1 aliphatic heterocycles. The quantitative estimate of drug-likeness (QED) is 0.480. The van der Waals surface area contributed by atoms with Crippen molar-refractivity contribution in [1.29, 1.82) is 0 Å². The Labute approximate surface area is 151 Å². The average molecular weight is 345 g/mol. The second-order valence-electron chi connectivity index (χ2n) is 6.72. The molecule has 4 heteroatoms. The van der Waals surface area contributed by atoms with Crippen molar-refractivity contribution in [1.82, 2.24) is 9.97 Å².